The molecule has 0 saturated heterocycles. The number of hydrogen-bond donors (Lipinski definition) is 3. The Morgan fingerprint density at radius 1 is 1.54 bits per heavy atom. The summed E-state index contributed by atoms with van der Waals surface area (Å²) >= 11 is 3.46. The molecule has 79 valence electrons. The molecular formula is C8H16FeNO3. The Bertz CT molecular complexity index is 163. The Balaban J connectivity index is 3.98. The van der Waals surface area contributed by atoms with Crippen LogP contribution >= 0.6 is 0 Å². The van der Waals surface area contributed by atoms with E-state index in [1.54, 1.807) is 0 Å². The van der Waals surface area contributed by atoms with Crippen molar-refractivity contribution in [3.63, 3.8) is 0 Å². The van der Waals surface area contributed by atoms with Gasteiger partial charge in [0.1, 0.15) is 0 Å². The van der Waals surface area contributed by atoms with Crippen molar-refractivity contribution in [3.05, 3.63) is 0 Å². The molecular weight excluding hydrogens is 214 g/mol. The summed E-state index contributed by atoms with van der Waals surface area (Å²) in [6.07, 6.45) is -0.380. The van der Waals surface area contributed by atoms with Gasteiger partial charge in [-0.1, -0.05) is 0 Å². The predicted molar refractivity (Wildman–Crippen MR) is 44.6 cm³/mol. The Labute approximate surface area is 86.7 Å². The van der Waals surface area contributed by atoms with Crippen molar-refractivity contribution >= 4 is 5.97 Å². The van der Waals surface area contributed by atoms with Gasteiger partial charge in [0, 0.05) is 0 Å². The van der Waals surface area contributed by atoms with Crippen LogP contribution in [0.2, 0.25) is 0 Å². The van der Waals surface area contributed by atoms with E-state index in [0.29, 0.717) is 5.92 Å². The molecule has 0 aromatic rings. The number of aliphatic carboxylic acids is 1. The van der Waals surface area contributed by atoms with Gasteiger partial charge < -0.3 is 0 Å². The molecule has 0 spiro atoms. The van der Waals surface area contributed by atoms with Crippen LogP contribution < -0.4 is 4.33 Å². The molecule has 0 saturated carbocycles. The van der Waals surface area contributed by atoms with Gasteiger partial charge in [-0.25, -0.2) is 0 Å². The number of carbonyl (C=O) groups is 1. The number of carboxylic acid groups (broad SMARTS) is 1. The first kappa shape index (κ1) is 12.9. The molecule has 0 rings (SSSR count). The second-order valence-corrected chi connectivity index (χ2v) is 3.82. The molecule has 0 aliphatic rings. The van der Waals surface area contributed by atoms with E-state index in [0.717, 1.165) is 6.42 Å². The summed E-state index contributed by atoms with van der Waals surface area (Å²) in [5, 5.41) is 17.9. The number of carboxylic acids is 1. The normalized spacial score (nSPS) is 15.8. The van der Waals surface area contributed by atoms with Crippen molar-refractivity contribution < 1.29 is 31.2 Å². The van der Waals surface area contributed by atoms with Crippen molar-refractivity contribution in [2.24, 2.45) is 5.92 Å². The SMILES string of the molecule is CC(C)C[C@H]([NH][Fe])[C@@H](O)CC(=O)O. The molecule has 0 heterocycles. The van der Waals surface area contributed by atoms with Gasteiger partial charge in [0.2, 0.25) is 0 Å². The van der Waals surface area contributed by atoms with E-state index < -0.39 is 12.1 Å². The molecule has 0 aromatic carbocycles. The number of aliphatic hydroxyl groups excluding tert-OH is 1. The second-order valence-electron chi connectivity index (χ2n) is 3.50. The molecule has 0 aliphatic carbocycles. The van der Waals surface area contributed by atoms with E-state index in [2.05, 4.69) is 20.6 Å². The zero-order chi connectivity index (χ0) is 10.4. The topological polar surface area (TPSA) is 69.6 Å². The molecule has 4 nitrogen and oxygen atoms in total. The summed E-state index contributed by atoms with van der Waals surface area (Å²) in [6, 6.07) is -0.240. The number of nitrogens with one attached hydrogen (secondary N) is 1. The van der Waals surface area contributed by atoms with Gasteiger partial charge in [0.05, 0.1) is 0 Å². The molecule has 5 heteroatoms. The monoisotopic (exact) mass is 230 g/mol. The standard InChI is InChI=1S/C8H16NO3.Fe/c1-5(2)3-6(9)7(10)4-8(11)12;/h5-7,9-10H,3-4H2,1-2H3,(H,11,12);/q-1;+1/t6-,7-;/m0./s1. The van der Waals surface area contributed by atoms with Gasteiger partial charge in [0.15, 0.2) is 0 Å². The van der Waals surface area contributed by atoms with Crippen molar-refractivity contribution in [2.45, 2.75) is 38.8 Å². The maximum atomic E-state index is 10.3. The van der Waals surface area contributed by atoms with Crippen LogP contribution in [0.5, 0.6) is 0 Å². The fourth-order valence-electron chi connectivity index (χ4n) is 1.10. The second kappa shape index (κ2) is 6.38. The van der Waals surface area contributed by atoms with Crippen LogP contribution in [0.25, 0.3) is 0 Å². The van der Waals surface area contributed by atoms with Gasteiger partial charge in [-0.15, -0.1) is 0 Å². The average Bonchev–Trinajstić information content (AvgIpc) is 1.98. The summed E-state index contributed by atoms with van der Waals surface area (Å²) < 4.78 is 2.68. The van der Waals surface area contributed by atoms with E-state index in [4.69, 9.17) is 5.11 Å². The van der Waals surface area contributed by atoms with Gasteiger partial charge in [-0.2, -0.15) is 0 Å². The minimum absolute atomic E-state index is 0.236. The Morgan fingerprint density at radius 2 is 2.08 bits per heavy atom. The fraction of sp³-hybridized carbons (Fsp3) is 0.875. The molecule has 13 heavy (non-hydrogen) atoms. The number of aliphatic hydroxyl groups is 1. The molecule has 0 aliphatic heterocycles. The van der Waals surface area contributed by atoms with Gasteiger partial charge in [0.25, 0.3) is 0 Å². The van der Waals surface area contributed by atoms with Crippen LogP contribution in [0.3, 0.4) is 0 Å². The summed E-state index contributed by atoms with van der Waals surface area (Å²) in [5.74, 6) is -0.584. The van der Waals surface area contributed by atoms with E-state index in [1.807, 2.05) is 13.8 Å². The quantitative estimate of drug-likeness (QED) is 0.573. The van der Waals surface area contributed by atoms with Crippen LogP contribution in [0, 0.1) is 5.92 Å². The van der Waals surface area contributed by atoms with Crippen LogP contribution in [0.4, 0.5) is 0 Å². The Hall–Kier alpha value is -0.0905. The van der Waals surface area contributed by atoms with Crippen molar-refractivity contribution in [2.75, 3.05) is 0 Å². The predicted octanol–water partition coefficient (Wildman–Crippen LogP) is 0.288. The van der Waals surface area contributed by atoms with E-state index in [9.17, 15) is 9.90 Å². The van der Waals surface area contributed by atoms with E-state index in [1.165, 1.54) is 0 Å². The van der Waals surface area contributed by atoms with Crippen molar-refractivity contribution in [1.82, 2.24) is 4.33 Å². The summed E-state index contributed by atoms with van der Waals surface area (Å²) in [7, 11) is 0. The van der Waals surface area contributed by atoms with Crippen LogP contribution in [0.1, 0.15) is 26.7 Å². The molecule has 3 N–H and O–H groups in total. The molecule has 0 radical (unpaired) electrons. The van der Waals surface area contributed by atoms with Crippen LogP contribution in [-0.2, 0) is 21.0 Å². The van der Waals surface area contributed by atoms with Crippen LogP contribution in [0.15, 0.2) is 0 Å². The van der Waals surface area contributed by atoms with Gasteiger partial charge in [-0.3, -0.25) is 0 Å². The van der Waals surface area contributed by atoms with E-state index >= 15 is 0 Å². The number of hydrogen-bond acceptors (Lipinski definition) is 3. The van der Waals surface area contributed by atoms with Crippen molar-refractivity contribution in [1.29, 1.82) is 0 Å². The summed E-state index contributed by atoms with van der Waals surface area (Å²) in [5.41, 5.74) is 0. The Morgan fingerprint density at radius 3 is 2.38 bits per heavy atom. The first-order chi connectivity index (χ1) is 5.97. The molecule has 0 unspecified atom stereocenters. The zero-order valence-electron chi connectivity index (χ0n) is 7.80. The van der Waals surface area contributed by atoms with Gasteiger partial charge in [-0.05, 0) is 0 Å². The Kier molecular flexibility index (Phi) is 6.33. The van der Waals surface area contributed by atoms with E-state index in [-0.39, 0.29) is 12.5 Å². The third kappa shape index (κ3) is 6.04. The van der Waals surface area contributed by atoms with Crippen LogP contribution in [-0.4, -0.2) is 28.3 Å². The molecule has 0 fully saturated rings. The molecule has 2 atom stereocenters. The van der Waals surface area contributed by atoms with Crippen molar-refractivity contribution in [3.8, 4) is 0 Å². The maximum absolute atomic E-state index is 10.3. The first-order valence-electron chi connectivity index (χ1n) is 4.22. The zero-order valence-corrected chi connectivity index (χ0v) is 8.91. The summed E-state index contributed by atoms with van der Waals surface area (Å²) in [6.45, 7) is 4.02. The third-order valence-electron chi connectivity index (χ3n) is 1.70. The van der Waals surface area contributed by atoms with Gasteiger partial charge >= 0.3 is 86.3 Å². The molecule has 0 aromatic heterocycles. The molecule has 0 bridgehead atoms. The first-order valence-corrected chi connectivity index (χ1v) is 4.77. The number of rotatable bonds is 6. The fourth-order valence-corrected chi connectivity index (χ4v) is 1.44. The molecule has 0 amide bonds. The third-order valence-corrected chi connectivity index (χ3v) is 2.11. The summed E-state index contributed by atoms with van der Waals surface area (Å²) in [4.78, 5) is 10.3. The average molecular weight is 230 g/mol. The minimum atomic E-state index is -0.989.